The Labute approximate surface area is 143 Å². The number of amides is 1. The Morgan fingerprint density at radius 1 is 1.09 bits per heavy atom. The first kappa shape index (κ1) is 15.6. The first-order valence-electron chi connectivity index (χ1n) is 7.23. The lowest BCUT2D eigenvalue weighted by molar-refractivity contribution is 0.102. The van der Waals surface area contributed by atoms with Gasteiger partial charge in [0.05, 0.1) is 17.1 Å². The van der Waals surface area contributed by atoms with Gasteiger partial charge in [0.2, 0.25) is 0 Å². The summed E-state index contributed by atoms with van der Waals surface area (Å²) in [5.41, 5.74) is 2.40. The highest BCUT2D eigenvalue weighted by Crippen LogP contribution is 2.36. The SMILES string of the molecule is COc1c(C(=O)Nc2ccc(C)cc2)cc2ccccc2c1Br. The van der Waals surface area contributed by atoms with Crippen LogP contribution in [0.2, 0.25) is 0 Å². The van der Waals surface area contributed by atoms with E-state index in [-0.39, 0.29) is 5.91 Å². The van der Waals surface area contributed by atoms with Crippen LogP contribution in [0.5, 0.6) is 5.75 Å². The zero-order valence-corrected chi connectivity index (χ0v) is 14.5. The van der Waals surface area contributed by atoms with Crippen LogP contribution in [0.3, 0.4) is 0 Å². The fraction of sp³-hybridized carbons (Fsp3) is 0.105. The van der Waals surface area contributed by atoms with Crippen molar-refractivity contribution in [2.75, 3.05) is 12.4 Å². The fourth-order valence-electron chi connectivity index (χ4n) is 2.49. The van der Waals surface area contributed by atoms with Crippen molar-refractivity contribution in [2.45, 2.75) is 6.92 Å². The number of anilines is 1. The highest BCUT2D eigenvalue weighted by atomic mass is 79.9. The van der Waals surface area contributed by atoms with Gasteiger partial charge in [-0.1, -0.05) is 42.0 Å². The molecule has 0 aliphatic carbocycles. The molecular weight excluding hydrogens is 354 g/mol. The molecule has 0 unspecified atom stereocenters. The Balaban J connectivity index is 2.04. The molecule has 0 radical (unpaired) electrons. The number of nitrogens with one attached hydrogen (secondary N) is 1. The van der Waals surface area contributed by atoms with E-state index in [9.17, 15) is 4.79 Å². The molecule has 3 nitrogen and oxygen atoms in total. The van der Waals surface area contributed by atoms with E-state index in [0.29, 0.717) is 11.3 Å². The second-order valence-corrected chi connectivity index (χ2v) is 6.11. The quantitative estimate of drug-likeness (QED) is 0.691. The van der Waals surface area contributed by atoms with E-state index in [1.54, 1.807) is 7.11 Å². The van der Waals surface area contributed by atoms with Crippen LogP contribution in [0.1, 0.15) is 15.9 Å². The minimum absolute atomic E-state index is 0.197. The number of hydrogen-bond acceptors (Lipinski definition) is 2. The third-order valence-electron chi connectivity index (χ3n) is 3.70. The fourth-order valence-corrected chi connectivity index (χ4v) is 3.22. The predicted molar refractivity (Wildman–Crippen MR) is 97.3 cm³/mol. The molecule has 1 N–H and O–H groups in total. The molecule has 0 spiro atoms. The van der Waals surface area contributed by atoms with Gasteiger partial charge in [-0.3, -0.25) is 4.79 Å². The van der Waals surface area contributed by atoms with Gasteiger partial charge in [-0.05, 0) is 51.8 Å². The number of halogens is 1. The van der Waals surface area contributed by atoms with Crippen molar-refractivity contribution < 1.29 is 9.53 Å². The van der Waals surface area contributed by atoms with Crippen molar-refractivity contribution >= 4 is 38.3 Å². The highest BCUT2D eigenvalue weighted by molar-refractivity contribution is 9.10. The maximum absolute atomic E-state index is 12.7. The average molecular weight is 370 g/mol. The van der Waals surface area contributed by atoms with Crippen LogP contribution in [-0.4, -0.2) is 13.0 Å². The van der Waals surface area contributed by atoms with Gasteiger partial charge in [0.15, 0.2) is 0 Å². The summed E-state index contributed by atoms with van der Waals surface area (Å²) in [4.78, 5) is 12.7. The molecule has 3 rings (SSSR count). The van der Waals surface area contributed by atoms with Crippen molar-refractivity contribution in [3.8, 4) is 5.75 Å². The average Bonchev–Trinajstić information content (AvgIpc) is 2.57. The number of hydrogen-bond donors (Lipinski definition) is 1. The molecule has 0 bridgehead atoms. The number of methoxy groups -OCH3 is 1. The molecule has 0 fully saturated rings. The van der Waals surface area contributed by atoms with Gasteiger partial charge in [-0.2, -0.15) is 0 Å². The Hall–Kier alpha value is -2.33. The van der Waals surface area contributed by atoms with Crippen LogP contribution in [-0.2, 0) is 0 Å². The molecule has 3 aromatic carbocycles. The van der Waals surface area contributed by atoms with E-state index in [2.05, 4.69) is 21.2 Å². The number of benzene rings is 3. The highest BCUT2D eigenvalue weighted by Gasteiger charge is 2.18. The minimum atomic E-state index is -0.197. The smallest absolute Gasteiger partial charge is 0.259 e. The standard InChI is InChI=1S/C19H16BrNO2/c1-12-7-9-14(10-8-12)21-19(22)16-11-13-5-3-4-6-15(13)17(20)18(16)23-2/h3-11H,1-2H3,(H,21,22). The van der Waals surface area contributed by atoms with Crippen LogP contribution in [0.15, 0.2) is 59.1 Å². The summed E-state index contributed by atoms with van der Waals surface area (Å²) in [6.07, 6.45) is 0. The van der Waals surface area contributed by atoms with Crippen molar-refractivity contribution in [2.24, 2.45) is 0 Å². The van der Waals surface area contributed by atoms with Gasteiger partial charge >= 0.3 is 0 Å². The first-order chi connectivity index (χ1) is 11.1. The summed E-state index contributed by atoms with van der Waals surface area (Å²) in [5.74, 6) is 0.338. The molecule has 3 aromatic rings. The molecule has 116 valence electrons. The summed E-state index contributed by atoms with van der Waals surface area (Å²) < 4.78 is 6.24. The number of carbonyl (C=O) groups is 1. The third kappa shape index (κ3) is 3.08. The summed E-state index contributed by atoms with van der Waals surface area (Å²) in [6.45, 7) is 2.01. The van der Waals surface area contributed by atoms with E-state index >= 15 is 0 Å². The van der Waals surface area contributed by atoms with Gasteiger partial charge in [0, 0.05) is 5.69 Å². The Morgan fingerprint density at radius 3 is 2.48 bits per heavy atom. The molecule has 0 aliphatic rings. The van der Waals surface area contributed by atoms with Crippen LogP contribution in [0.4, 0.5) is 5.69 Å². The number of aryl methyl sites for hydroxylation is 1. The van der Waals surface area contributed by atoms with Gasteiger partial charge in [0.1, 0.15) is 5.75 Å². The normalized spacial score (nSPS) is 10.6. The Bertz CT molecular complexity index is 872. The largest absolute Gasteiger partial charge is 0.495 e. The van der Waals surface area contributed by atoms with Crippen LogP contribution >= 0.6 is 15.9 Å². The second kappa shape index (κ2) is 6.42. The molecule has 0 atom stereocenters. The lowest BCUT2D eigenvalue weighted by Crippen LogP contribution is -2.13. The molecule has 4 heteroatoms. The maximum Gasteiger partial charge on any atom is 0.259 e. The van der Waals surface area contributed by atoms with Crippen LogP contribution in [0, 0.1) is 6.92 Å². The number of rotatable bonds is 3. The Morgan fingerprint density at radius 2 is 1.78 bits per heavy atom. The lowest BCUT2D eigenvalue weighted by Gasteiger charge is -2.13. The van der Waals surface area contributed by atoms with E-state index in [1.165, 1.54) is 0 Å². The van der Waals surface area contributed by atoms with Crippen molar-refractivity contribution in [1.29, 1.82) is 0 Å². The third-order valence-corrected chi connectivity index (χ3v) is 4.49. The van der Waals surface area contributed by atoms with Crippen LogP contribution in [0.25, 0.3) is 10.8 Å². The summed E-state index contributed by atoms with van der Waals surface area (Å²) >= 11 is 3.55. The molecule has 0 heterocycles. The number of ether oxygens (including phenoxy) is 1. The molecule has 0 saturated carbocycles. The van der Waals surface area contributed by atoms with Crippen LogP contribution < -0.4 is 10.1 Å². The zero-order valence-electron chi connectivity index (χ0n) is 12.9. The maximum atomic E-state index is 12.7. The van der Waals surface area contributed by atoms with Gasteiger partial charge in [-0.25, -0.2) is 0 Å². The monoisotopic (exact) mass is 369 g/mol. The lowest BCUT2D eigenvalue weighted by atomic mass is 10.0. The summed E-state index contributed by atoms with van der Waals surface area (Å²) in [7, 11) is 1.57. The molecule has 0 aromatic heterocycles. The summed E-state index contributed by atoms with van der Waals surface area (Å²) in [5, 5.41) is 4.90. The van der Waals surface area contributed by atoms with Crippen molar-refractivity contribution in [3.63, 3.8) is 0 Å². The van der Waals surface area contributed by atoms with Gasteiger partial charge in [-0.15, -0.1) is 0 Å². The topological polar surface area (TPSA) is 38.3 Å². The van der Waals surface area contributed by atoms with Crippen molar-refractivity contribution in [1.82, 2.24) is 0 Å². The minimum Gasteiger partial charge on any atom is -0.495 e. The van der Waals surface area contributed by atoms with E-state index in [4.69, 9.17) is 4.74 Å². The molecule has 23 heavy (non-hydrogen) atoms. The van der Waals surface area contributed by atoms with Crippen molar-refractivity contribution in [3.05, 3.63) is 70.2 Å². The van der Waals surface area contributed by atoms with E-state index < -0.39 is 0 Å². The van der Waals surface area contributed by atoms with E-state index in [0.717, 1.165) is 26.5 Å². The molecular formula is C19H16BrNO2. The predicted octanol–water partition coefficient (Wildman–Crippen LogP) is 5.17. The number of carbonyl (C=O) groups excluding carboxylic acids is 1. The zero-order chi connectivity index (χ0) is 16.4. The van der Waals surface area contributed by atoms with Gasteiger partial charge < -0.3 is 10.1 Å². The van der Waals surface area contributed by atoms with Gasteiger partial charge in [0.25, 0.3) is 5.91 Å². The Kier molecular flexibility index (Phi) is 4.35. The molecule has 1 amide bonds. The second-order valence-electron chi connectivity index (χ2n) is 5.31. The first-order valence-corrected chi connectivity index (χ1v) is 8.02. The number of fused-ring (bicyclic) bond motifs is 1. The molecule has 0 aliphatic heterocycles. The molecule has 0 saturated heterocycles. The van der Waals surface area contributed by atoms with E-state index in [1.807, 2.05) is 61.5 Å². The summed E-state index contributed by atoms with van der Waals surface area (Å²) in [6, 6.07) is 17.4.